The van der Waals surface area contributed by atoms with E-state index in [9.17, 15) is 0 Å². The van der Waals surface area contributed by atoms with Crippen LogP contribution >= 0.6 is 0 Å². The molecule has 0 saturated heterocycles. The molecule has 0 bridgehead atoms. The van der Waals surface area contributed by atoms with Gasteiger partial charge in [-0.25, -0.2) is 0 Å². The molecule has 0 aliphatic heterocycles. The lowest BCUT2D eigenvalue weighted by Crippen LogP contribution is -2.56. The lowest BCUT2D eigenvalue weighted by atomic mass is 10.1. The van der Waals surface area contributed by atoms with Crippen LogP contribution in [0.1, 0.15) is 75.2 Å². The van der Waals surface area contributed by atoms with E-state index in [0.29, 0.717) is 0 Å². The summed E-state index contributed by atoms with van der Waals surface area (Å²) in [5.41, 5.74) is -0.234. The highest BCUT2D eigenvalue weighted by Crippen LogP contribution is 2.21. The fraction of sp³-hybridized carbons (Fsp3) is 1.00. The van der Waals surface area contributed by atoms with Gasteiger partial charge in [-0.15, -0.1) is 0 Å². The van der Waals surface area contributed by atoms with E-state index in [-0.39, 0.29) is 16.7 Å². The Morgan fingerprint density at radius 3 is 1.33 bits per heavy atom. The molecule has 0 aromatic rings. The maximum absolute atomic E-state index is 6.21. The fourth-order valence-corrected chi connectivity index (χ4v) is 3.55. The van der Waals surface area contributed by atoms with Crippen molar-refractivity contribution in [1.82, 2.24) is 4.98 Å². The third-order valence-electron chi connectivity index (χ3n) is 3.11. The Morgan fingerprint density at radius 1 is 0.778 bits per heavy atom. The van der Waals surface area contributed by atoms with Gasteiger partial charge in [0.2, 0.25) is 0 Å². The molecule has 0 aromatic heterocycles. The van der Waals surface area contributed by atoms with E-state index in [1.807, 2.05) is 0 Å². The fourth-order valence-electron chi connectivity index (χ4n) is 1.18. The Balaban J connectivity index is 4.74. The van der Waals surface area contributed by atoms with Gasteiger partial charge in [0.1, 0.15) is 0 Å². The van der Waals surface area contributed by atoms with Crippen molar-refractivity contribution >= 4 is 9.45 Å². The summed E-state index contributed by atoms with van der Waals surface area (Å²) in [6.45, 7) is 19.2. The first-order valence-electron chi connectivity index (χ1n) is 7.04. The summed E-state index contributed by atoms with van der Waals surface area (Å²) in [5.74, 6) is 0. The van der Waals surface area contributed by atoms with Crippen LogP contribution < -0.4 is 4.98 Å². The Bertz CT molecular complexity index is 229. The monoisotopic (exact) mass is 275 g/mol. The molecule has 0 aliphatic carbocycles. The topological polar surface area (TPSA) is 30.5 Å². The number of hydrogen-bond donors (Lipinski definition) is 1. The summed E-state index contributed by atoms with van der Waals surface area (Å²) in [5, 5.41) is 0. The Labute approximate surface area is 116 Å². The molecule has 0 unspecified atom stereocenters. The minimum Gasteiger partial charge on any atom is -0.380 e. The Hall–Kier alpha value is 0.0969. The summed E-state index contributed by atoms with van der Waals surface area (Å²) in [4.78, 5) is 3.53. The van der Waals surface area contributed by atoms with Gasteiger partial charge in [-0.3, -0.25) is 4.98 Å². The molecule has 110 valence electrons. The molecule has 3 nitrogen and oxygen atoms in total. The van der Waals surface area contributed by atoms with Gasteiger partial charge in [0, 0.05) is 5.54 Å². The highest BCUT2D eigenvalue weighted by molar-refractivity contribution is 6.41. The molecule has 0 radical (unpaired) electrons. The van der Waals surface area contributed by atoms with E-state index in [2.05, 4.69) is 67.3 Å². The van der Waals surface area contributed by atoms with E-state index < -0.39 is 9.45 Å². The van der Waals surface area contributed by atoms with Crippen molar-refractivity contribution in [2.75, 3.05) is 0 Å². The maximum Gasteiger partial charge on any atom is 0.409 e. The van der Waals surface area contributed by atoms with Crippen LogP contribution in [0.4, 0.5) is 0 Å². The summed E-state index contributed by atoms with van der Waals surface area (Å²) in [7, 11) is -1.89. The van der Waals surface area contributed by atoms with Gasteiger partial charge in [0.15, 0.2) is 0 Å². The van der Waals surface area contributed by atoms with Gasteiger partial charge in [-0.05, 0) is 61.3 Å². The summed E-state index contributed by atoms with van der Waals surface area (Å²) in [6.07, 6.45) is 1.97. The first kappa shape index (κ1) is 18.1. The Kier molecular flexibility index (Phi) is 6.54. The lowest BCUT2D eigenvalue weighted by Gasteiger charge is -2.37. The van der Waals surface area contributed by atoms with Crippen molar-refractivity contribution in [2.45, 2.75) is 91.9 Å². The molecule has 0 spiro atoms. The molecule has 4 heteroatoms. The highest BCUT2D eigenvalue weighted by Gasteiger charge is 2.32. The van der Waals surface area contributed by atoms with Gasteiger partial charge < -0.3 is 8.85 Å². The van der Waals surface area contributed by atoms with E-state index in [0.717, 1.165) is 12.8 Å². The van der Waals surface area contributed by atoms with E-state index in [4.69, 9.17) is 8.85 Å². The van der Waals surface area contributed by atoms with E-state index in [1.54, 1.807) is 0 Å². The average molecular weight is 276 g/mol. The van der Waals surface area contributed by atoms with Crippen LogP contribution in [0.2, 0.25) is 0 Å². The van der Waals surface area contributed by atoms with Crippen molar-refractivity contribution in [2.24, 2.45) is 0 Å². The molecule has 18 heavy (non-hydrogen) atoms. The van der Waals surface area contributed by atoms with Crippen LogP contribution in [0.15, 0.2) is 0 Å². The summed E-state index contributed by atoms with van der Waals surface area (Å²) >= 11 is 0. The van der Waals surface area contributed by atoms with Crippen molar-refractivity contribution < 1.29 is 8.85 Å². The van der Waals surface area contributed by atoms with Crippen molar-refractivity contribution in [1.29, 1.82) is 0 Å². The van der Waals surface area contributed by atoms with Crippen LogP contribution in [0.25, 0.3) is 0 Å². The van der Waals surface area contributed by atoms with Crippen LogP contribution in [0, 0.1) is 0 Å². The lowest BCUT2D eigenvalue weighted by molar-refractivity contribution is 0.00521. The van der Waals surface area contributed by atoms with Gasteiger partial charge in [0.25, 0.3) is 0 Å². The zero-order valence-electron chi connectivity index (χ0n) is 13.8. The first-order chi connectivity index (χ1) is 7.91. The molecule has 0 aliphatic rings. The predicted octanol–water partition coefficient (Wildman–Crippen LogP) is 3.50. The molecule has 0 aromatic carbocycles. The van der Waals surface area contributed by atoms with E-state index >= 15 is 0 Å². The third-order valence-corrected chi connectivity index (χ3v) is 5.91. The molecule has 0 atom stereocenters. The molecule has 0 fully saturated rings. The van der Waals surface area contributed by atoms with Crippen molar-refractivity contribution in [3.63, 3.8) is 0 Å². The maximum atomic E-state index is 6.21. The number of rotatable bonds is 7. The summed E-state index contributed by atoms with van der Waals surface area (Å²) < 4.78 is 12.4. The Morgan fingerprint density at radius 2 is 1.11 bits per heavy atom. The molecule has 0 saturated carbocycles. The minimum absolute atomic E-state index is 0.0184. The minimum atomic E-state index is -1.89. The second-order valence-electron chi connectivity index (χ2n) is 7.19. The zero-order valence-corrected chi connectivity index (χ0v) is 15.0. The van der Waals surface area contributed by atoms with Gasteiger partial charge in [-0.1, -0.05) is 13.8 Å². The molecular weight excluding hydrogens is 242 g/mol. The number of hydrogen-bond acceptors (Lipinski definition) is 3. The second kappa shape index (κ2) is 6.50. The van der Waals surface area contributed by atoms with Crippen molar-refractivity contribution in [3.8, 4) is 0 Å². The van der Waals surface area contributed by atoms with Crippen LogP contribution in [0.5, 0.6) is 0 Å². The van der Waals surface area contributed by atoms with Gasteiger partial charge >= 0.3 is 9.45 Å². The smallest absolute Gasteiger partial charge is 0.380 e. The predicted molar refractivity (Wildman–Crippen MR) is 80.9 cm³/mol. The highest BCUT2D eigenvalue weighted by atomic mass is 28.3. The molecule has 0 amide bonds. The largest absolute Gasteiger partial charge is 0.409 e. The normalized spacial score (nSPS) is 14.3. The quantitative estimate of drug-likeness (QED) is 0.721. The second-order valence-corrected chi connectivity index (χ2v) is 8.61. The van der Waals surface area contributed by atoms with Crippen LogP contribution in [-0.4, -0.2) is 26.2 Å². The zero-order chi connectivity index (χ0) is 14.6. The van der Waals surface area contributed by atoms with Gasteiger partial charge in [-0.2, -0.15) is 0 Å². The molecule has 0 heterocycles. The van der Waals surface area contributed by atoms with Crippen LogP contribution in [-0.2, 0) is 8.85 Å². The van der Waals surface area contributed by atoms with E-state index in [1.165, 1.54) is 0 Å². The third kappa shape index (κ3) is 8.24. The standard InChI is InChI=1S/C14H33NO2Si/c1-10-13(6,7)16-18(15-12(3,4)5)17-14(8,9)11-2/h15,18H,10-11H2,1-9H3. The van der Waals surface area contributed by atoms with Gasteiger partial charge in [0.05, 0.1) is 11.2 Å². The summed E-state index contributed by atoms with van der Waals surface area (Å²) in [6, 6.07) is 0. The number of nitrogens with one attached hydrogen (secondary N) is 1. The molecule has 1 N–H and O–H groups in total. The van der Waals surface area contributed by atoms with Crippen LogP contribution in [0.3, 0.4) is 0 Å². The molecule has 0 rings (SSSR count). The SMILES string of the molecule is CCC(C)(C)O[SiH](NC(C)(C)C)OC(C)(C)CC. The first-order valence-corrected chi connectivity index (χ1v) is 8.56. The molecular formula is C14H33NO2Si. The average Bonchev–Trinajstić information content (AvgIpc) is 2.13. The van der Waals surface area contributed by atoms with Crippen molar-refractivity contribution in [3.05, 3.63) is 0 Å².